The number of fused-ring (bicyclic) bond motifs is 3. The predicted octanol–water partition coefficient (Wildman–Crippen LogP) is 4.89. The summed E-state index contributed by atoms with van der Waals surface area (Å²) >= 11 is 3.13. The summed E-state index contributed by atoms with van der Waals surface area (Å²) in [6.45, 7) is 0. The van der Waals surface area contributed by atoms with E-state index < -0.39 is 0 Å². The summed E-state index contributed by atoms with van der Waals surface area (Å²) in [6.07, 6.45) is 3.87. The number of nitrogens with one attached hydrogen (secondary N) is 1. The highest BCUT2D eigenvalue weighted by atomic mass is 32.2. The van der Waals surface area contributed by atoms with Crippen LogP contribution in [0.3, 0.4) is 0 Å². The Hall–Kier alpha value is -2.31. The van der Waals surface area contributed by atoms with Gasteiger partial charge in [-0.05, 0) is 55.0 Å². The Morgan fingerprint density at radius 3 is 2.88 bits per heavy atom. The molecule has 0 aliphatic heterocycles. The van der Waals surface area contributed by atoms with Gasteiger partial charge < -0.3 is 4.74 Å². The number of carbonyl (C=O) groups is 1. The molecule has 1 amide bonds. The highest BCUT2D eigenvalue weighted by Crippen LogP contribution is 2.39. The normalized spacial score (nSPS) is 12.2. The van der Waals surface area contributed by atoms with Crippen molar-refractivity contribution in [2.24, 2.45) is 0 Å². The largest absolute Gasteiger partial charge is 0.497 e. The second kappa shape index (κ2) is 7.13. The van der Waals surface area contributed by atoms with Crippen LogP contribution >= 0.6 is 23.1 Å². The van der Waals surface area contributed by atoms with Crippen molar-refractivity contribution in [3.63, 3.8) is 0 Å². The van der Waals surface area contributed by atoms with Crippen LogP contribution in [0.15, 0.2) is 47.4 Å². The van der Waals surface area contributed by atoms with E-state index in [1.54, 1.807) is 30.2 Å². The monoisotopic (exact) mass is 382 g/mol. The van der Waals surface area contributed by atoms with Gasteiger partial charge in [0, 0.05) is 15.3 Å². The maximum absolute atomic E-state index is 12.7. The minimum Gasteiger partial charge on any atom is -0.497 e. The van der Waals surface area contributed by atoms with Crippen LogP contribution in [0.4, 0.5) is 5.13 Å². The molecule has 0 bridgehead atoms. The number of hydrogen-bond acceptors (Lipinski definition) is 5. The number of aryl methyl sites for hydroxylation is 2. The lowest BCUT2D eigenvalue weighted by atomic mass is 9.93. The van der Waals surface area contributed by atoms with Crippen LogP contribution in [-0.2, 0) is 12.8 Å². The smallest absolute Gasteiger partial charge is 0.258 e. The zero-order chi connectivity index (χ0) is 18.1. The van der Waals surface area contributed by atoms with Crippen molar-refractivity contribution in [2.75, 3.05) is 18.7 Å². The first-order valence-corrected chi connectivity index (χ1v) is 10.3. The third-order valence-electron chi connectivity index (χ3n) is 4.46. The molecule has 1 aliphatic carbocycles. The van der Waals surface area contributed by atoms with Gasteiger partial charge in [-0.2, -0.15) is 0 Å². The molecule has 4 rings (SSSR count). The number of amides is 1. The molecule has 1 aromatic heterocycles. The minimum atomic E-state index is -0.115. The Balaban J connectivity index is 1.63. The van der Waals surface area contributed by atoms with E-state index in [9.17, 15) is 4.79 Å². The number of thioether (sulfide) groups is 1. The lowest BCUT2D eigenvalue weighted by molar-refractivity contribution is 0.102. The third kappa shape index (κ3) is 3.10. The van der Waals surface area contributed by atoms with Crippen LogP contribution in [0.5, 0.6) is 5.75 Å². The zero-order valence-corrected chi connectivity index (χ0v) is 16.2. The van der Waals surface area contributed by atoms with Gasteiger partial charge in [0.2, 0.25) is 0 Å². The fraction of sp³-hybridized carbons (Fsp3) is 0.200. The summed E-state index contributed by atoms with van der Waals surface area (Å²) in [4.78, 5) is 19.5. The Labute approximate surface area is 160 Å². The lowest BCUT2D eigenvalue weighted by Crippen LogP contribution is -2.12. The highest BCUT2D eigenvalue weighted by molar-refractivity contribution is 7.98. The highest BCUT2D eigenvalue weighted by Gasteiger charge is 2.22. The molecule has 0 fully saturated rings. The molecule has 6 heteroatoms. The van der Waals surface area contributed by atoms with E-state index in [4.69, 9.17) is 9.72 Å². The Morgan fingerprint density at radius 1 is 1.23 bits per heavy atom. The first-order chi connectivity index (χ1) is 12.7. The SMILES string of the molecule is COc1ccc2c(c1)CCc1sc(NC(=O)c3ccccc3SC)nc1-2. The van der Waals surface area contributed by atoms with E-state index in [-0.39, 0.29) is 5.91 Å². The number of anilines is 1. The Morgan fingerprint density at radius 2 is 2.08 bits per heavy atom. The van der Waals surface area contributed by atoms with Gasteiger partial charge in [-0.25, -0.2) is 4.98 Å². The average molecular weight is 383 g/mol. The van der Waals surface area contributed by atoms with E-state index in [2.05, 4.69) is 17.4 Å². The summed E-state index contributed by atoms with van der Waals surface area (Å²) in [5.74, 6) is 0.751. The molecule has 0 atom stereocenters. The molecule has 0 spiro atoms. The number of aromatic nitrogens is 1. The number of rotatable bonds is 4. The van der Waals surface area contributed by atoms with Crippen LogP contribution < -0.4 is 10.1 Å². The van der Waals surface area contributed by atoms with Gasteiger partial charge in [0.1, 0.15) is 5.75 Å². The van der Waals surface area contributed by atoms with Gasteiger partial charge >= 0.3 is 0 Å². The van der Waals surface area contributed by atoms with Crippen LogP contribution in [-0.4, -0.2) is 24.3 Å². The number of carbonyl (C=O) groups excluding carboxylic acids is 1. The predicted molar refractivity (Wildman–Crippen MR) is 108 cm³/mol. The topological polar surface area (TPSA) is 51.2 Å². The molecule has 0 unspecified atom stereocenters. The molecule has 0 saturated carbocycles. The number of hydrogen-bond donors (Lipinski definition) is 1. The summed E-state index contributed by atoms with van der Waals surface area (Å²) in [6, 6.07) is 13.7. The Kier molecular flexibility index (Phi) is 4.70. The molecular formula is C20H18N2O2S2. The van der Waals surface area contributed by atoms with E-state index in [1.807, 2.05) is 36.6 Å². The molecule has 1 aliphatic rings. The fourth-order valence-electron chi connectivity index (χ4n) is 3.16. The third-order valence-corrected chi connectivity index (χ3v) is 6.28. The summed E-state index contributed by atoms with van der Waals surface area (Å²) in [5.41, 5.74) is 4.03. The fourth-order valence-corrected chi connectivity index (χ4v) is 4.73. The van der Waals surface area contributed by atoms with Crippen LogP contribution in [0.25, 0.3) is 11.3 Å². The van der Waals surface area contributed by atoms with Gasteiger partial charge in [-0.1, -0.05) is 12.1 Å². The van der Waals surface area contributed by atoms with Crippen LogP contribution in [0.2, 0.25) is 0 Å². The maximum atomic E-state index is 12.7. The molecule has 26 heavy (non-hydrogen) atoms. The van der Waals surface area contributed by atoms with E-state index in [0.29, 0.717) is 10.7 Å². The average Bonchev–Trinajstić information content (AvgIpc) is 3.10. The van der Waals surface area contributed by atoms with Gasteiger partial charge in [0.15, 0.2) is 5.13 Å². The quantitative estimate of drug-likeness (QED) is 0.653. The van der Waals surface area contributed by atoms with Gasteiger partial charge in [0.05, 0.1) is 18.4 Å². The first-order valence-electron chi connectivity index (χ1n) is 8.31. The minimum absolute atomic E-state index is 0.115. The number of nitrogens with zero attached hydrogens (tertiary/aromatic N) is 1. The number of methoxy groups -OCH3 is 1. The van der Waals surface area contributed by atoms with E-state index in [1.165, 1.54) is 10.4 Å². The lowest BCUT2D eigenvalue weighted by Gasteiger charge is -2.15. The molecule has 0 radical (unpaired) electrons. The van der Waals surface area contributed by atoms with Crippen molar-refractivity contribution in [1.29, 1.82) is 0 Å². The molecular weight excluding hydrogens is 364 g/mol. The van der Waals surface area contributed by atoms with Crippen LogP contribution in [0, 0.1) is 0 Å². The van der Waals surface area contributed by atoms with Crippen molar-refractivity contribution >= 4 is 34.1 Å². The summed E-state index contributed by atoms with van der Waals surface area (Å²) < 4.78 is 5.32. The number of benzene rings is 2. The van der Waals surface area contributed by atoms with Crippen molar-refractivity contribution < 1.29 is 9.53 Å². The molecule has 132 valence electrons. The van der Waals surface area contributed by atoms with Crippen molar-refractivity contribution in [3.8, 4) is 17.0 Å². The molecule has 0 saturated heterocycles. The van der Waals surface area contributed by atoms with Crippen molar-refractivity contribution in [3.05, 3.63) is 58.5 Å². The van der Waals surface area contributed by atoms with Crippen LogP contribution in [0.1, 0.15) is 20.8 Å². The maximum Gasteiger partial charge on any atom is 0.258 e. The van der Waals surface area contributed by atoms with E-state index >= 15 is 0 Å². The standard InChI is InChI=1S/C20H18N2O2S2/c1-24-13-8-9-14-12(11-13)7-10-17-18(14)21-20(26-17)22-19(23)15-5-3-4-6-16(15)25-2/h3-6,8-9,11H,7,10H2,1-2H3,(H,21,22,23). The van der Waals surface area contributed by atoms with Gasteiger partial charge in [-0.3, -0.25) is 10.1 Å². The summed E-state index contributed by atoms with van der Waals surface area (Å²) in [7, 11) is 1.68. The molecule has 1 N–H and O–H groups in total. The molecule has 2 aromatic carbocycles. The second-order valence-electron chi connectivity index (χ2n) is 5.97. The van der Waals surface area contributed by atoms with Gasteiger partial charge in [-0.15, -0.1) is 23.1 Å². The number of thiazole rings is 1. The molecule has 3 aromatic rings. The molecule has 4 nitrogen and oxygen atoms in total. The summed E-state index contributed by atoms with van der Waals surface area (Å²) in [5, 5.41) is 3.63. The second-order valence-corrected chi connectivity index (χ2v) is 7.90. The van der Waals surface area contributed by atoms with E-state index in [0.717, 1.165) is 34.7 Å². The molecule has 1 heterocycles. The van der Waals surface area contributed by atoms with Crippen molar-refractivity contribution in [1.82, 2.24) is 4.98 Å². The van der Waals surface area contributed by atoms with Gasteiger partial charge in [0.25, 0.3) is 5.91 Å². The van der Waals surface area contributed by atoms with Crippen molar-refractivity contribution in [2.45, 2.75) is 17.7 Å². The number of ether oxygens (including phenoxy) is 1. The Bertz CT molecular complexity index is 982. The zero-order valence-electron chi connectivity index (χ0n) is 14.5. The first kappa shape index (κ1) is 17.1.